The summed E-state index contributed by atoms with van der Waals surface area (Å²) in [4.78, 5) is 27.0. The van der Waals surface area contributed by atoms with E-state index in [0.717, 1.165) is 23.3 Å². The van der Waals surface area contributed by atoms with Gasteiger partial charge in [0.2, 0.25) is 0 Å². The van der Waals surface area contributed by atoms with Crippen LogP contribution in [0.25, 0.3) is 0 Å². The number of carbonyl (C=O) groups excluding carboxylic acids is 1. The predicted octanol–water partition coefficient (Wildman–Crippen LogP) is 5.76. The molecule has 2 aliphatic rings. The van der Waals surface area contributed by atoms with Crippen molar-refractivity contribution < 1.29 is 45.8 Å². The Labute approximate surface area is 209 Å². The molecule has 1 aromatic rings. The largest absolute Gasteiger partial charge is 0.481 e. The molecule has 2 fully saturated rings. The molecule has 1 aliphatic carbocycles. The van der Waals surface area contributed by atoms with E-state index in [-0.39, 0.29) is 32.0 Å². The van der Waals surface area contributed by atoms with Gasteiger partial charge in [-0.1, -0.05) is 36.6 Å². The van der Waals surface area contributed by atoms with Gasteiger partial charge in [-0.05, 0) is 49.9 Å². The molecule has 6 nitrogen and oxygen atoms in total. The zero-order valence-electron chi connectivity index (χ0n) is 19.5. The number of hydrogen-bond donors (Lipinski definition) is 1. The van der Waals surface area contributed by atoms with Crippen molar-refractivity contribution in [1.82, 2.24) is 9.80 Å². The standard InChI is InChI=1S/C23H27ClF6N2O4/c1-31(13-14-5-4-6-16(24)17(14)21(19(33)34)9-2-3-10-21)15-7-11-32(12-8-15)20(35)36-18(22(25,26)27)23(28,29)30/h4-6,15,18H,2-3,7-13H2,1H3,(H,33,34). The molecule has 0 spiro atoms. The normalized spacial score (nSPS) is 19.2. The van der Waals surface area contributed by atoms with E-state index in [2.05, 4.69) is 4.74 Å². The third-order valence-electron chi connectivity index (χ3n) is 7.02. The summed E-state index contributed by atoms with van der Waals surface area (Å²) in [7, 11) is 1.79. The van der Waals surface area contributed by atoms with Gasteiger partial charge in [-0.25, -0.2) is 4.79 Å². The summed E-state index contributed by atoms with van der Waals surface area (Å²) >= 11 is 6.47. The number of benzene rings is 1. The van der Waals surface area contributed by atoms with E-state index < -0.39 is 35.9 Å². The summed E-state index contributed by atoms with van der Waals surface area (Å²) in [5.41, 5.74) is 0.249. The lowest BCUT2D eigenvalue weighted by Gasteiger charge is -2.38. The molecule has 1 N–H and O–H groups in total. The summed E-state index contributed by atoms with van der Waals surface area (Å²) in [6, 6.07) is 5.05. The quantitative estimate of drug-likeness (QED) is 0.461. The summed E-state index contributed by atoms with van der Waals surface area (Å²) in [6.07, 6.45) is -14.3. The van der Waals surface area contributed by atoms with Crippen LogP contribution in [0.2, 0.25) is 5.02 Å². The molecular formula is C23H27ClF6N2O4. The van der Waals surface area contributed by atoms with Gasteiger partial charge >= 0.3 is 24.4 Å². The summed E-state index contributed by atoms with van der Waals surface area (Å²) in [5.74, 6) is -0.931. The number of rotatable bonds is 6. The SMILES string of the molecule is CN(Cc1cccc(Cl)c1C1(C(=O)O)CCCC1)C1CCN(C(=O)OC(C(F)(F)F)C(F)(F)F)CC1. The lowest BCUT2D eigenvalue weighted by atomic mass is 9.76. The molecule has 202 valence electrons. The molecule has 1 heterocycles. The highest BCUT2D eigenvalue weighted by molar-refractivity contribution is 6.31. The monoisotopic (exact) mass is 544 g/mol. The topological polar surface area (TPSA) is 70.1 Å². The molecule has 0 bridgehead atoms. The summed E-state index contributed by atoms with van der Waals surface area (Å²) < 4.78 is 80.0. The van der Waals surface area contributed by atoms with Crippen LogP contribution in [0.3, 0.4) is 0 Å². The number of carboxylic acid groups (broad SMARTS) is 1. The van der Waals surface area contributed by atoms with Crippen LogP contribution in [0.5, 0.6) is 0 Å². The van der Waals surface area contributed by atoms with E-state index in [1.807, 2.05) is 11.0 Å². The Morgan fingerprint density at radius 1 is 1.14 bits per heavy atom. The number of amides is 1. The third kappa shape index (κ3) is 6.01. The lowest BCUT2D eigenvalue weighted by molar-refractivity contribution is -0.308. The van der Waals surface area contributed by atoms with Crippen LogP contribution >= 0.6 is 11.6 Å². The highest BCUT2D eigenvalue weighted by Crippen LogP contribution is 2.46. The smallest absolute Gasteiger partial charge is 0.434 e. The maximum absolute atomic E-state index is 12.7. The van der Waals surface area contributed by atoms with Crippen LogP contribution in [-0.2, 0) is 21.5 Å². The van der Waals surface area contributed by atoms with Gasteiger partial charge in [-0.2, -0.15) is 26.3 Å². The zero-order valence-corrected chi connectivity index (χ0v) is 20.2. The van der Waals surface area contributed by atoms with Crippen LogP contribution in [0.1, 0.15) is 49.7 Å². The van der Waals surface area contributed by atoms with Gasteiger partial charge in [-0.3, -0.25) is 9.69 Å². The van der Waals surface area contributed by atoms with Crippen molar-refractivity contribution in [1.29, 1.82) is 0 Å². The summed E-state index contributed by atoms with van der Waals surface area (Å²) in [6.45, 7) is 0.166. The molecule has 36 heavy (non-hydrogen) atoms. The number of aliphatic carboxylic acids is 1. The van der Waals surface area contributed by atoms with Crippen LogP contribution in [0.15, 0.2) is 18.2 Å². The molecule has 0 radical (unpaired) electrons. The van der Waals surface area contributed by atoms with Crippen molar-refractivity contribution in [3.05, 3.63) is 34.3 Å². The molecule has 13 heteroatoms. The number of carboxylic acids is 1. The van der Waals surface area contributed by atoms with Crippen molar-refractivity contribution in [3.8, 4) is 0 Å². The first-order valence-electron chi connectivity index (χ1n) is 11.5. The van der Waals surface area contributed by atoms with E-state index in [1.54, 1.807) is 19.2 Å². The van der Waals surface area contributed by atoms with Gasteiger partial charge < -0.3 is 14.7 Å². The Hall–Kier alpha value is -2.21. The zero-order chi connectivity index (χ0) is 26.9. The second-order valence-electron chi connectivity index (χ2n) is 9.35. The van der Waals surface area contributed by atoms with E-state index in [9.17, 15) is 41.0 Å². The minimum atomic E-state index is -5.77. The highest BCUT2D eigenvalue weighted by Gasteiger charge is 2.60. The minimum Gasteiger partial charge on any atom is -0.481 e. The van der Waals surface area contributed by atoms with Crippen LogP contribution < -0.4 is 0 Å². The van der Waals surface area contributed by atoms with Crippen molar-refractivity contribution in [2.24, 2.45) is 0 Å². The third-order valence-corrected chi connectivity index (χ3v) is 7.34. The molecule has 3 rings (SSSR count). The van der Waals surface area contributed by atoms with E-state index in [1.165, 1.54) is 0 Å². The van der Waals surface area contributed by atoms with E-state index >= 15 is 0 Å². The number of alkyl halides is 6. The number of halogens is 7. The first kappa shape index (κ1) is 28.4. The molecule has 1 saturated carbocycles. The van der Waals surface area contributed by atoms with E-state index in [4.69, 9.17) is 11.6 Å². The molecule has 0 aromatic heterocycles. The molecule has 1 aliphatic heterocycles. The molecule has 1 aromatic carbocycles. The van der Waals surface area contributed by atoms with E-state index in [0.29, 0.717) is 30.0 Å². The van der Waals surface area contributed by atoms with Crippen molar-refractivity contribution in [2.45, 2.75) is 75.0 Å². The molecule has 1 saturated heterocycles. The highest BCUT2D eigenvalue weighted by atomic mass is 35.5. The lowest BCUT2D eigenvalue weighted by Crippen LogP contribution is -2.50. The maximum Gasteiger partial charge on any atom is 0.434 e. The minimum absolute atomic E-state index is 0.0856. The van der Waals surface area contributed by atoms with Crippen LogP contribution in [0, 0.1) is 0 Å². The molecule has 0 unspecified atom stereocenters. The van der Waals surface area contributed by atoms with Gasteiger partial charge in [0.1, 0.15) is 0 Å². The first-order valence-corrected chi connectivity index (χ1v) is 11.8. The average molecular weight is 545 g/mol. The Balaban J connectivity index is 1.66. The number of ether oxygens (including phenoxy) is 1. The fraction of sp³-hybridized carbons (Fsp3) is 0.652. The number of likely N-dealkylation sites (tertiary alicyclic amines) is 1. The number of hydrogen-bond acceptors (Lipinski definition) is 4. The Kier molecular flexibility index (Phi) is 8.39. The average Bonchev–Trinajstić information content (AvgIpc) is 3.27. The fourth-order valence-corrected chi connectivity index (χ4v) is 5.54. The van der Waals surface area contributed by atoms with Crippen molar-refractivity contribution >= 4 is 23.7 Å². The number of nitrogens with zero attached hydrogens (tertiary/aromatic N) is 2. The van der Waals surface area contributed by atoms with Gasteiger partial charge in [-0.15, -0.1) is 0 Å². The van der Waals surface area contributed by atoms with Gasteiger partial charge in [0.05, 0.1) is 5.41 Å². The summed E-state index contributed by atoms with van der Waals surface area (Å²) in [5, 5.41) is 10.4. The van der Waals surface area contributed by atoms with Crippen molar-refractivity contribution in [3.63, 3.8) is 0 Å². The first-order chi connectivity index (χ1) is 16.7. The maximum atomic E-state index is 12.7. The predicted molar refractivity (Wildman–Crippen MR) is 118 cm³/mol. The van der Waals surface area contributed by atoms with Crippen LogP contribution in [-0.4, -0.2) is 71.6 Å². The Morgan fingerprint density at radius 3 is 2.19 bits per heavy atom. The second-order valence-corrected chi connectivity index (χ2v) is 9.76. The van der Waals surface area contributed by atoms with Crippen molar-refractivity contribution in [2.75, 3.05) is 20.1 Å². The number of piperidine rings is 1. The Morgan fingerprint density at radius 2 is 1.69 bits per heavy atom. The second kappa shape index (κ2) is 10.6. The van der Waals surface area contributed by atoms with Gasteiger partial charge in [0.15, 0.2) is 0 Å². The van der Waals surface area contributed by atoms with Gasteiger partial charge in [0.25, 0.3) is 6.10 Å². The Bertz CT molecular complexity index is 943. The van der Waals surface area contributed by atoms with Gasteiger partial charge in [0, 0.05) is 30.7 Å². The molecule has 1 amide bonds. The number of carbonyl (C=O) groups is 2. The van der Waals surface area contributed by atoms with Crippen LogP contribution in [0.4, 0.5) is 31.1 Å². The molecule has 0 atom stereocenters. The molecular weight excluding hydrogens is 518 g/mol. The fourth-order valence-electron chi connectivity index (χ4n) is 5.17.